The molecule has 0 unspecified atom stereocenters. The highest BCUT2D eigenvalue weighted by Gasteiger charge is 2.30. The number of hydrogen-bond acceptors (Lipinski definition) is 6. The quantitative estimate of drug-likeness (QED) is 0.525. The Balaban J connectivity index is 1.69. The van der Waals surface area contributed by atoms with Gasteiger partial charge in [0.2, 0.25) is 9.47 Å². The van der Waals surface area contributed by atoms with Crippen LogP contribution in [0.15, 0.2) is 52.9 Å². The van der Waals surface area contributed by atoms with E-state index in [4.69, 9.17) is 11.6 Å². The SMILES string of the molecule is O=C(Nc1nnc(S(=O)(=O)NCc2cccc(C(F)(F)F)c2)s1)c1ccccc1Cl. The third-order valence-electron chi connectivity index (χ3n) is 3.70. The van der Waals surface area contributed by atoms with Gasteiger partial charge in [-0.3, -0.25) is 10.1 Å². The lowest BCUT2D eigenvalue weighted by Crippen LogP contribution is -2.23. The molecule has 1 heterocycles. The lowest BCUT2D eigenvalue weighted by atomic mass is 10.1. The smallest absolute Gasteiger partial charge is 0.296 e. The second-order valence-corrected chi connectivity index (χ2v) is 9.16. The molecule has 0 saturated heterocycles. The van der Waals surface area contributed by atoms with Gasteiger partial charge in [0.15, 0.2) is 0 Å². The molecule has 0 spiro atoms. The molecule has 0 fully saturated rings. The maximum atomic E-state index is 12.8. The fourth-order valence-corrected chi connectivity index (χ4v) is 4.45. The molecule has 2 aromatic carbocycles. The first-order valence-corrected chi connectivity index (χ1v) is 10.8. The summed E-state index contributed by atoms with van der Waals surface area (Å²) >= 11 is 6.52. The number of carbonyl (C=O) groups is 1. The lowest BCUT2D eigenvalue weighted by molar-refractivity contribution is -0.137. The number of carbonyl (C=O) groups excluding carboxylic acids is 1. The Labute approximate surface area is 178 Å². The Bertz CT molecular complexity index is 1180. The van der Waals surface area contributed by atoms with Gasteiger partial charge in [-0.25, -0.2) is 13.1 Å². The molecule has 0 radical (unpaired) electrons. The minimum absolute atomic E-state index is 0.0839. The minimum atomic E-state index is -4.54. The number of aromatic nitrogens is 2. The summed E-state index contributed by atoms with van der Waals surface area (Å²) in [6, 6.07) is 10.5. The molecule has 0 aliphatic rings. The van der Waals surface area contributed by atoms with E-state index >= 15 is 0 Å². The topological polar surface area (TPSA) is 101 Å². The van der Waals surface area contributed by atoms with E-state index in [2.05, 4.69) is 20.2 Å². The summed E-state index contributed by atoms with van der Waals surface area (Å²) in [6.45, 7) is -0.382. The summed E-state index contributed by atoms with van der Waals surface area (Å²) < 4.78 is 64.7. The Morgan fingerprint density at radius 2 is 1.83 bits per heavy atom. The van der Waals surface area contributed by atoms with Crippen molar-refractivity contribution in [3.05, 3.63) is 70.2 Å². The summed E-state index contributed by atoms with van der Waals surface area (Å²) in [7, 11) is -4.16. The van der Waals surface area contributed by atoms with Gasteiger partial charge in [-0.05, 0) is 23.8 Å². The van der Waals surface area contributed by atoms with Crippen molar-refractivity contribution >= 4 is 44.0 Å². The van der Waals surface area contributed by atoms with Crippen LogP contribution >= 0.6 is 22.9 Å². The van der Waals surface area contributed by atoms with E-state index in [1.165, 1.54) is 24.3 Å². The van der Waals surface area contributed by atoms with Crippen LogP contribution in [0.3, 0.4) is 0 Å². The number of halogens is 4. The predicted octanol–water partition coefficient (Wildman–Crippen LogP) is 3.94. The van der Waals surface area contributed by atoms with E-state index in [0.717, 1.165) is 12.1 Å². The molecule has 3 aromatic rings. The van der Waals surface area contributed by atoms with Gasteiger partial charge in [0.25, 0.3) is 15.9 Å². The van der Waals surface area contributed by atoms with E-state index in [9.17, 15) is 26.4 Å². The molecule has 3 rings (SSSR count). The summed E-state index contributed by atoms with van der Waals surface area (Å²) in [5, 5.41) is 9.63. The number of hydrogen-bond donors (Lipinski definition) is 2. The molecule has 2 N–H and O–H groups in total. The van der Waals surface area contributed by atoms with E-state index in [1.807, 2.05) is 0 Å². The molecule has 0 aliphatic heterocycles. The molecule has 1 amide bonds. The summed E-state index contributed by atoms with van der Waals surface area (Å²) in [6.07, 6.45) is -4.54. The van der Waals surface area contributed by atoms with Crippen LogP contribution in [0.1, 0.15) is 21.5 Å². The van der Waals surface area contributed by atoms with Gasteiger partial charge in [-0.15, -0.1) is 10.2 Å². The van der Waals surface area contributed by atoms with Gasteiger partial charge in [0, 0.05) is 6.54 Å². The van der Waals surface area contributed by atoms with Crippen LogP contribution < -0.4 is 10.0 Å². The number of anilines is 1. The highest BCUT2D eigenvalue weighted by atomic mass is 35.5. The molecule has 30 heavy (non-hydrogen) atoms. The Morgan fingerprint density at radius 3 is 2.53 bits per heavy atom. The Kier molecular flexibility index (Phi) is 6.41. The first kappa shape index (κ1) is 22.2. The maximum Gasteiger partial charge on any atom is 0.416 e. The number of sulfonamides is 1. The zero-order valence-electron chi connectivity index (χ0n) is 14.8. The van der Waals surface area contributed by atoms with Crippen LogP contribution in [-0.2, 0) is 22.7 Å². The zero-order valence-corrected chi connectivity index (χ0v) is 17.2. The molecule has 1 aromatic heterocycles. The third kappa shape index (κ3) is 5.33. The first-order valence-electron chi connectivity index (χ1n) is 8.11. The first-order chi connectivity index (χ1) is 14.1. The molecule has 0 bridgehead atoms. The standard InChI is InChI=1S/C17H12ClF3N4O3S2/c18-13-7-2-1-6-12(13)14(26)23-15-24-25-16(29-15)30(27,28)22-9-10-4-3-5-11(8-10)17(19,20)21/h1-8,22H,9H2,(H,23,24,26). The van der Waals surface area contributed by atoms with Crippen LogP contribution in [0.2, 0.25) is 5.02 Å². The van der Waals surface area contributed by atoms with Gasteiger partial charge in [-0.2, -0.15) is 13.2 Å². The van der Waals surface area contributed by atoms with Crippen LogP contribution in [-0.4, -0.2) is 24.5 Å². The van der Waals surface area contributed by atoms with Gasteiger partial charge in [0.1, 0.15) is 0 Å². The van der Waals surface area contributed by atoms with Gasteiger partial charge in [0.05, 0.1) is 16.1 Å². The van der Waals surface area contributed by atoms with Crippen LogP contribution in [0.25, 0.3) is 0 Å². The largest absolute Gasteiger partial charge is 0.416 e. The molecule has 0 atom stereocenters. The van der Waals surface area contributed by atoms with E-state index in [0.29, 0.717) is 11.3 Å². The van der Waals surface area contributed by atoms with E-state index in [1.54, 1.807) is 12.1 Å². The molecule has 7 nitrogen and oxygen atoms in total. The molecular formula is C17H12ClF3N4O3S2. The lowest BCUT2D eigenvalue weighted by Gasteiger charge is -2.09. The molecule has 13 heteroatoms. The maximum absolute atomic E-state index is 12.8. The highest BCUT2D eigenvalue weighted by molar-refractivity contribution is 7.91. The van der Waals surface area contributed by atoms with Crippen molar-refractivity contribution in [3.63, 3.8) is 0 Å². The van der Waals surface area contributed by atoms with Crippen molar-refractivity contribution in [2.75, 3.05) is 5.32 Å². The summed E-state index contributed by atoms with van der Waals surface area (Å²) in [5.41, 5.74) is -0.605. The van der Waals surface area contributed by atoms with Gasteiger partial charge >= 0.3 is 6.18 Å². The number of rotatable bonds is 6. The monoisotopic (exact) mass is 476 g/mol. The number of alkyl halides is 3. The fourth-order valence-electron chi connectivity index (χ4n) is 2.28. The van der Waals surface area contributed by atoms with Crippen LogP contribution in [0.5, 0.6) is 0 Å². The van der Waals surface area contributed by atoms with Crippen molar-refractivity contribution in [2.24, 2.45) is 0 Å². The normalized spacial score (nSPS) is 12.0. The number of benzene rings is 2. The summed E-state index contributed by atoms with van der Waals surface area (Å²) in [4.78, 5) is 12.2. The number of nitrogens with zero attached hydrogens (tertiary/aromatic N) is 2. The molecule has 0 aliphatic carbocycles. The van der Waals surface area contributed by atoms with Crippen molar-refractivity contribution in [1.82, 2.24) is 14.9 Å². The molecular weight excluding hydrogens is 465 g/mol. The fraction of sp³-hybridized carbons (Fsp3) is 0.118. The minimum Gasteiger partial charge on any atom is -0.296 e. The number of amides is 1. The Hall–Kier alpha value is -2.54. The van der Waals surface area contributed by atoms with Crippen molar-refractivity contribution < 1.29 is 26.4 Å². The van der Waals surface area contributed by atoms with Crippen LogP contribution in [0.4, 0.5) is 18.3 Å². The predicted molar refractivity (Wildman–Crippen MR) is 105 cm³/mol. The van der Waals surface area contributed by atoms with E-state index in [-0.39, 0.29) is 27.8 Å². The van der Waals surface area contributed by atoms with Crippen molar-refractivity contribution in [2.45, 2.75) is 17.1 Å². The second kappa shape index (κ2) is 8.68. The Morgan fingerprint density at radius 1 is 1.10 bits per heavy atom. The average Bonchev–Trinajstić information content (AvgIpc) is 3.16. The highest BCUT2D eigenvalue weighted by Crippen LogP contribution is 2.29. The van der Waals surface area contributed by atoms with Crippen molar-refractivity contribution in [3.8, 4) is 0 Å². The third-order valence-corrected chi connectivity index (χ3v) is 6.63. The average molecular weight is 477 g/mol. The molecule has 158 valence electrons. The molecule has 0 saturated carbocycles. The van der Waals surface area contributed by atoms with Gasteiger partial charge < -0.3 is 0 Å². The number of nitrogens with one attached hydrogen (secondary N) is 2. The van der Waals surface area contributed by atoms with Crippen LogP contribution in [0, 0.1) is 0 Å². The second-order valence-electron chi connectivity index (χ2n) is 5.83. The van der Waals surface area contributed by atoms with Gasteiger partial charge in [-0.1, -0.05) is 53.3 Å². The van der Waals surface area contributed by atoms with E-state index < -0.39 is 32.0 Å². The van der Waals surface area contributed by atoms with Crippen molar-refractivity contribution in [1.29, 1.82) is 0 Å². The summed E-state index contributed by atoms with van der Waals surface area (Å²) in [5.74, 6) is -0.599. The zero-order chi connectivity index (χ0) is 21.9.